The molecule has 1 N–H and O–H groups in total. The Bertz CT molecular complexity index is 568. The number of amides is 1. The van der Waals surface area contributed by atoms with E-state index in [0.29, 0.717) is 25.1 Å². The number of hydrogen-bond acceptors (Lipinski definition) is 2. The zero-order chi connectivity index (χ0) is 16.3. The molecule has 22 heavy (non-hydrogen) atoms. The molecule has 0 radical (unpaired) electrons. The van der Waals surface area contributed by atoms with Gasteiger partial charge in [-0.05, 0) is 37.8 Å². The molecule has 1 atom stereocenters. The fourth-order valence-electron chi connectivity index (χ4n) is 2.70. The molecule has 1 saturated heterocycles. The Hall–Kier alpha value is -2.05. The number of carboxylic acids is 1. The topological polar surface area (TPSA) is 57.6 Å². The molecule has 2 rings (SSSR count). The predicted octanol–water partition coefficient (Wildman–Crippen LogP) is 2.96. The minimum absolute atomic E-state index is 0.0828. The van der Waals surface area contributed by atoms with Gasteiger partial charge in [-0.3, -0.25) is 9.59 Å². The molecule has 0 saturated carbocycles. The number of likely N-dealkylation sites (tertiary alicyclic amines) is 1. The lowest BCUT2D eigenvalue weighted by molar-refractivity contribution is -0.137. The highest BCUT2D eigenvalue weighted by Crippen LogP contribution is 2.24. The first-order valence-electron chi connectivity index (χ1n) is 7.07. The number of halogens is 3. The van der Waals surface area contributed by atoms with Crippen LogP contribution < -0.4 is 0 Å². The smallest absolute Gasteiger partial charge is 0.303 e. The highest BCUT2D eigenvalue weighted by molar-refractivity contribution is 5.94. The molecule has 1 unspecified atom stereocenters. The summed E-state index contributed by atoms with van der Waals surface area (Å²) in [5, 5.41) is 8.75. The number of hydrogen-bond donors (Lipinski definition) is 1. The number of carbonyl (C=O) groups excluding carboxylic acids is 1. The van der Waals surface area contributed by atoms with E-state index in [-0.39, 0.29) is 24.4 Å². The van der Waals surface area contributed by atoms with Crippen LogP contribution in [0.4, 0.5) is 13.2 Å². The Kier molecular flexibility index (Phi) is 5.05. The van der Waals surface area contributed by atoms with Gasteiger partial charge in [-0.2, -0.15) is 0 Å². The lowest BCUT2D eigenvalue weighted by Crippen LogP contribution is -2.44. The molecule has 1 aromatic rings. The summed E-state index contributed by atoms with van der Waals surface area (Å²) in [4.78, 5) is 24.5. The summed E-state index contributed by atoms with van der Waals surface area (Å²) in [5.41, 5.74) is -0.265. The molecule has 0 aliphatic carbocycles. The van der Waals surface area contributed by atoms with Gasteiger partial charge in [0.15, 0.2) is 17.5 Å². The molecule has 1 heterocycles. The molecule has 4 nitrogen and oxygen atoms in total. The zero-order valence-corrected chi connectivity index (χ0v) is 11.8. The minimum Gasteiger partial charge on any atom is -0.481 e. The second kappa shape index (κ2) is 6.81. The van der Waals surface area contributed by atoms with Crippen LogP contribution in [0.5, 0.6) is 0 Å². The van der Waals surface area contributed by atoms with Gasteiger partial charge in [-0.1, -0.05) is 0 Å². The van der Waals surface area contributed by atoms with Crippen molar-refractivity contribution in [3.63, 3.8) is 0 Å². The molecular weight excluding hydrogens is 299 g/mol. The van der Waals surface area contributed by atoms with Crippen LogP contribution >= 0.6 is 0 Å². The van der Waals surface area contributed by atoms with Gasteiger partial charge in [0.05, 0.1) is 0 Å². The van der Waals surface area contributed by atoms with Crippen molar-refractivity contribution in [2.75, 3.05) is 6.54 Å². The van der Waals surface area contributed by atoms with Gasteiger partial charge in [0, 0.05) is 24.6 Å². The highest BCUT2D eigenvalue weighted by atomic mass is 19.2. The second-order valence-corrected chi connectivity index (χ2v) is 5.33. The molecule has 120 valence electrons. The maximum absolute atomic E-state index is 13.3. The van der Waals surface area contributed by atoms with Crippen molar-refractivity contribution in [2.24, 2.45) is 0 Å². The number of nitrogens with zero attached hydrogens (tertiary/aromatic N) is 1. The van der Waals surface area contributed by atoms with Gasteiger partial charge >= 0.3 is 5.97 Å². The summed E-state index contributed by atoms with van der Waals surface area (Å²) in [7, 11) is 0. The van der Waals surface area contributed by atoms with E-state index in [2.05, 4.69) is 0 Å². The Balaban J connectivity index is 2.20. The molecule has 0 aromatic heterocycles. The molecule has 7 heteroatoms. The number of carbonyl (C=O) groups is 2. The number of aliphatic carboxylic acids is 1. The predicted molar refractivity (Wildman–Crippen MR) is 71.9 cm³/mol. The first kappa shape index (κ1) is 16.3. The standard InChI is InChI=1S/C15H16F3NO3/c16-11-7-9(8-12(17)14(11)18)15(22)19-6-2-1-3-10(19)4-5-13(20)21/h7-8,10H,1-6H2,(H,20,21). The van der Waals surface area contributed by atoms with Crippen LogP contribution in [-0.4, -0.2) is 34.5 Å². The summed E-state index contributed by atoms with van der Waals surface area (Å²) in [5.74, 6) is -6.01. The highest BCUT2D eigenvalue weighted by Gasteiger charge is 2.28. The molecule has 1 fully saturated rings. The summed E-state index contributed by atoms with van der Waals surface area (Å²) in [6.07, 6.45) is 2.45. The van der Waals surface area contributed by atoms with Crippen LogP contribution in [0.25, 0.3) is 0 Å². The lowest BCUT2D eigenvalue weighted by atomic mass is 9.97. The quantitative estimate of drug-likeness (QED) is 0.869. The summed E-state index contributed by atoms with van der Waals surface area (Å²) < 4.78 is 39.5. The zero-order valence-electron chi connectivity index (χ0n) is 11.8. The van der Waals surface area contributed by atoms with E-state index in [4.69, 9.17) is 5.11 Å². The first-order chi connectivity index (χ1) is 10.4. The van der Waals surface area contributed by atoms with Crippen molar-refractivity contribution in [3.8, 4) is 0 Å². The van der Waals surface area contributed by atoms with E-state index in [0.717, 1.165) is 12.8 Å². The van der Waals surface area contributed by atoms with E-state index >= 15 is 0 Å². The average molecular weight is 315 g/mol. The van der Waals surface area contributed by atoms with E-state index in [1.165, 1.54) is 4.90 Å². The van der Waals surface area contributed by atoms with Gasteiger partial charge in [0.1, 0.15) is 0 Å². The van der Waals surface area contributed by atoms with Gasteiger partial charge in [0.25, 0.3) is 5.91 Å². The number of piperidine rings is 1. The van der Waals surface area contributed by atoms with E-state index < -0.39 is 29.3 Å². The summed E-state index contributed by atoms with van der Waals surface area (Å²) >= 11 is 0. The maximum Gasteiger partial charge on any atom is 0.303 e. The second-order valence-electron chi connectivity index (χ2n) is 5.33. The van der Waals surface area contributed by atoms with Crippen molar-refractivity contribution in [3.05, 3.63) is 35.1 Å². The monoisotopic (exact) mass is 315 g/mol. The Morgan fingerprint density at radius 2 is 1.82 bits per heavy atom. The van der Waals surface area contributed by atoms with E-state index in [9.17, 15) is 22.8 Å². The molecule has 1 aliphatic rings. The largest absolute Gasteiger partial charge is 0.481 e. The van der Waals surface area contributed by atoms with Gasteiger partial charge in [0.2, 0.25) is 0 Å². The van der Waals surface area contributed by atoms with E-state index in [1.807, 2.05) is 0 Å². The van der Waals surface area contributed by atoms with Gasteiger partial charge in [-0.25, -0.2) is 13.2 Å². The third-order valence-corrected chi connectivity index (χ3v) is 3.81. The Labute approximate surface area is 125 Å². The Morgan fingerprint density at radius 1 is 1.18 bits per heavy atom. The van der Waals surface area contributed by atoms with Crippen LogP contribution in [0.2, 0.25) is 0 Å². The van der Waals surface area contributed by atoms with Crippen LogP contribution in [-0.2, 0) is 4.79 Å². The average Bonchev–Trinajstić information content (AvgIpc) is 2.49. The van der Waals surface area contributed by atoms with Crippen LogP contribution in [0.1, 0.15) is 42.5 Å². The minimum atomic E-state index is -1.61. The SMILES string of the molecule is O=C(O)CCC1CCCCN1C(=O)c1cc(F)c(F)c(F)c1. The Morgan fingerprint density at radius 3 is 2.41 bits per heavy atom. The number of benzene rings is 1. The fourth-order valence-corrected chi connectivity index (χ4v) is 2.70. The molecule has 0 bridgehead atoms. The maximum atomic E-state index is 13.3. The van der Waals surface area contributed by atoms with E-state index in [1.54, 1.807) is 0 Å². The van der Waals surface area contributed by atoms with Crippen LogP contribution in [0.3, 0.4) is 0 Å². The molecular formula is C15H16F3NO3. The fraction of sp³-hybridized carbons (Fsp3) is 0.467. The van der Waals surface area contributed by atoms with Crippen molar-refractivity contribution >= 4 is 11.9 Å². The normalized spacial score (nSPS) is 18.3. The van der Waals surface area contributed by atoms with Crippen LogP contribution in [0, 0.1) is 17.5 Å². The third kappa shape index (κ3) is 3.58. The van der Waals surface area contributed by atoms with Crippen molar-refractivity contribution < 1.29 is 27.9 Å². The molecule has 1 amide bonds. The summed E-state index contributed by atoms with van der Waals surface area (Å²) in [6.45, 7) is 0.393. The number of carboxylic acid groups (broad SMARTS) is 1. The molecule has 1 aliphatic heterocycles. The van der Waals surface area contributed by atoms with Gasteiger partial charge in [-0.15, -0.1) is 0 Å². The molecule has 1 aromatic carbocycles. The van der Waals surface area contributed by atoms with Crippen molar-refractivity contribution in [1.82, 2.24) is 4.90 Å². The summed E-state index contributed by atoms with van der Waals surface area (Å²) in [6, 6.07) is 1.06. The molecule has 0 spiro atoms. The van der Waals surface area contributed by atoms with Crippen LogP contribution in [0.15, 0.2) is 12.1 Å². The van der Waals surface area contributed by atoms with Crippen molar-refractivity contribution in [2.45, 2.75) is 38.1 Å². The first-order valence-corrected chi connectivity index (χ1v) is 7.07. The number of rotatable bonds is 4. The van der Waals surface area contributed by atoms with Crippen molar-refractivity contribution in [1.29, 1.82) is 0 Å². The van der Waals surface area contributed by atoms with Gasteiger partial charge < -0.3 is 10.0 Å². The lowest BCUT2D eigenvalue weighted by Gasteiger charge is -2.35. The third-order valence-electron chi connectivity index (χ3n) is 3.81.